The van der Waals surface area contributed by atoms with E-state index in [0.29, 0.717) is 12.0 Å². The van der Waals surface area contributed by atoms with Gasteiger partial charge in [-0.2, -0.15) is 5.26 Å². The van der Waals surface area contributed by atoms with Crippen LogP contribution in [0.4, 0.5) is 0 Å². The van der Waals surface area contributed by atoms with Crippen LogP contribution in [0, 0.1) is 17.2 Å². The molecule has 1 aromatic heterocycles. The number of rotatable bonds is 6. The Morgan fingerprint density at radius 2 is 2.37 bits per heavy atom. The van der Waals surface area contributed by atoms with Crippen LogP contribution in [0.15, 0.2) is 21.7 Å². The van der Waals surface area contributed by atoms with E-state index in [9.17, 15) is 5.26 Å². The van der Waals surface area contributed by atoms with Crippen molar-refractivity contribution in [3.8, 4) is 6.07 Å². The molecule has 0 bridgehead atoms. The van der Waals surface area contributed by atoms with Gasteiger partial charge in [-0.05, 0) is 55.2 Å². The van der Waals surface area contributed by atoms with Crippen LogP contribution in [0.25, 0.3) is 0 Å². The average Bonchev–Trinajstić information content (AvgIpc) is 2.92. The summed E-state index contributed by atoms with van der Waals surface area (Å²) >= 11 is 3.76. The van der Waals surface area contributed by atoms with Gasteiger partial charge in [0.05, 0.1) is 10.3 Å². The standard InChI is InChI=1S/C15H20N2S2/c16-11-15(17-13-5-6-13)8-1-3-12(15)7-10-19-14-4-2-9-18-14/h2,4,9,12-13,17H,1,3,5-8,10H2. The molecule has 4 heteroatoms. The third kappa shape index (κ3) is 3.16. The van der Waals surface area contributed by atoms with Crippen LogP contribution in [-0.4, -0.2) is 17.3 Å². The van der Waals surface area contributed by atoms with E-state index in [-0.39, 0.29) is 5.54 Å². The number of nitrogens with zero attached hydrogens (tertiary/aromatic N) is 1. The second-order valence-electron chi connectivity index (χ2n) is 5.66. The SMILES string of the molecule is N#CC1(NC2CC2)CCCC1CCSc1cccs1. The van der Waals surface area contributed by atoms with Crippen molar-refractivity contribution >= 4 is 23.1 Å². The highest BCUT2D eigenvalue weighted by molar-refractivity contribution is 8.01. The Hall–Kier alpha value is -0.500. The fraction of sp³-hybridized carbons (Fsp3) is 0.667. The molecule has 19 heavy (non-hydrogen) atoms. The highest BCUT2D eigenvalue weighted by atomic mass is 32.2. The van der Waals surface area contributed by atoms with Crippen molar-refractivity contribution in [2.24, 2.45) is 5.92 Å². The molecule has 0 amide bonds. The molecule has 2 fully saturated rings. The van der Waals surface area contributed by atoms with Crippen LogP contribution in [0.2, 0.25) is 0 Å². The van der Waals surface area contributed by atoms with Crippen LogP contribution in [0.5, 0.6) is 0 Å². The van der Waals surface area contributed by atoms with Crippen LogP contribution in [0.1, 0.15) is 38.5 Å². The molecular weight excluding hydrogens is 272 g/mol. The first-order valence-electron chi connectivity index (χ1n) is 7.18. The second-order valence-corrected chi connectivity index (χ2v) is 8.00. The number of nitrogens with one attached hydrogen (secondary N) is 1. The molecule has 2 aliphatic rings. The average molecular weight is 292 g/mol. The fourth-order valence-corrected chi connectivity index (χ4v) is 4.99. The molecule has 102 valence electrons. The summed E-state index contributed by atoms with van der Waals surface area (Å²) in [7, 11) is 0. The quantitative estimate of drug-likeness (QED) is 0.804. The third-order valence-electron chi connectivity index (χ3n) is 4.26. The smallest absolute Gasteiger partial charge is 0.109 e. The van der Waals surface area contributed by atoms with Gasteiger partial charge in [-0.3, -0.25) is 5.32 Å². The molecule has 3 rings (SSSR count). The molecule has 0 aromatic carbocycles. The van der Waals surface area contributed by atoms with Gasteiger partial charge in [0.25, 0.3) is 0 Å². The van der Waals surface area contributed by atoms with Gasteiger partial charge in [-0.25, -0.2) is 0 Å². The van der Waals surface area contributed by atoms with Crippen molar-refractivity contribution in [3.05, 3.63) is 17.5 Å². The van der Waals surface area contributed by atoms with Crippen LogP contribution >= 0.6 is 23.1 Å². The van der Waals surface area contributed by atoms with Crippen molar-refractivity contribution in [1.29, 1.82) is 5.26 Å². The number of nitriles is 1. The molecule has 0 radical (unpaired) electrons. The van der Waals surface area contributed by atoms with Gasteiger partial charge < -0.3 is 0 Å². The fourth-order valence-electron chi connectivity index (χ4n) is 3.08. The first kappa shape index (κ1) is 13.5. The number of hydrogen-bond donors (Lipinski definition) is 1. The largest absolute Gasteiger partial charge is 0.296 e. The topological polar surface area (TPSA) is 35.8 Å². The van der Waals surface area contributed by atoms with E-state index in [2.05, 4.69) is 28.9 Å². The van der Waals surface area contributed by atoms with Gasteiger partial charge in [0.1, 0.15) is 5.54 Å². The normalized spacial score (nSPS) is 30.4. The molecular formula is C15H20N2S2. The monoisotopic (exact) mass is 292 g/mol. The van der Waals surface area contributed by atoms with Gasteiger partial charge in [-0.15, -0.1) is 23.1 Å². The van der Waals surface area contributed by atoms with Crippen molar-refractivity contribution in [2.75, 3.05) is 5.75 Å². The summed E-state index contributed by atoms with van der Waals surface area (Å²) in [6.07, 6.45) is 7.17. The minimum absolute atomic E-state index is 0.211. The molecule has 2 saturated carbocycles. The summed E-state index contributed by atoms with van der Waals surface area (Å²) in [4.78, 5) is 0. The molecule has 2 aliphatic carbocycles. The highest BCUT2D eigenvalue weighted by Gasteiger charge is 2.45. The Bertz CT molecular complexity index is 447. The lowest BCUT2D eigenvalue weighted by molar-refractivity contribution is 0.308. The summed E-state index contributed by atoms with van der Waals surface area (Å²) < 4.78 is 1.40. The van der Waals surface area contributed by atoms with Crippen molar-refractivity contribution < 1.29 is 0 Å². The predicted octanol–water partition coefficient (Wildman–Crippen LogP) is 4.04. The second kappa shape index (κ2) is 5.87. The lowest BCUT2D eigenvalue weighted by atomic mass is 9.86. The zero-order valence-corrected chi connectivity index (χ0v) is 12.7. The molecule has 0 spiro atoms. The molecule has 2 atom stereocenters. The van der Waals surface area contributed by atoms with E-state index in [4.69, 9.17) is 0 Å². The Balaban J connectivity index is 1.54. The van der Waals surface area contributed by atoms with Crippen LogP contribution in [0.3, 0.4) is 0 Å². The molecule has 1 aromatic rings. The van der Waals surface area contributed by atoms with Crippen LogP contribution < -0.4 is 5.32 Å². The summed E-state index contributed by atoms with van der Waals surface area (Å²) in [6, 6.07) is 7.55. The summed E-state index contributed by atoms with van der Waals surface area (Å²) in [5, 5.41) is 15.4. The number of hydrogen-bond acceptors (Lipinski definition) is 4. The first-order chi connectivity index (χ1) is 9.32. The van der Waals surface area contributed by atoms with Gasteiger partial charge >= 0.3 is 0 Å². The summed E-state index contributed by atoms with van der Waals surface area (Å²) in [5.74, 6) is 1.69. The lowest BCUT2D eigenvalue weighted by Gasteiger charge is -2.30. The number of thioether (sulfide) groups is 1. The zero-order valence-electron chi connectivity index (χ0n) is 11.1. The molecule has 1 N–H and O–H groups in total. The Morgan fingerprint density at radius 3 is 3.05 bits per heavy atom. The van der Waals surface area contributed by atoms with Crippen molar-refractivity contribution in [2.45, 2.75) is 54.3 Å². The van der Waals surface area contributed by atoms with Gasteiger partial charge in [0.15, 0.2) is 0 Å². The van der Waals surface area contributed by atoms with Crippen LogP contribution in [-0.2, 0) is 0 Å². The van der Waals surface area contributed by atoms with Crippen molar-refractivity contribution in [1.82, 2.24) is 5.32 Å². The molecule has 2 unspecified atom stereocenters. The third-order valence-corrected chi connectivity index (χ3v) is 6.43. The maximum atomic E-state index is 9.63. The molecule has 2 nitrogen and oxygen atoms in total. The Morgan fingerprint density at radius 1 is 1.47 bits per heavy atom. The predicted molar refractivity (Wildman–Crippen MR) is 81.5 cm³/mol. The molecule has 0 aliphatic heterocycles. The number of thiophene rings is 1. The Labute approximate surface area is 123 Å². The maximum absolute atomic E-state index is 9.63. The minimum Gasteiger partial charge on any atom is -0.296 e. The lowest BCUT2D eigenvalue weighted by Crippen LogP contribution is -2.48. The van der Waals surface area contributed by atoms with E-state index in [0.717, 1.165) is 18.6 Å². The van der Waals surface area contributed by atoms with E-state index in [1.807, 2.05) is 23.1 Å². The van der Waals surface area contributed by atoms with Gasteiger partial charge in [0, 0.05) is 6.04 Å². The maximum Gasteiger partial charge on any atom is 0.109 e. The van der Waals surface area contributed by atoms with Gasteiger partial charge in [-0.1, -0.05) is 12.5 Å². The zero-order chi connectivity index (χ0) is 13.1. The highest BCUT2D eigenvalue weighted by Crippen LogP contribution is 2.41. The van der Waals surface area contributed by atoms with E-state index in [1.54, 1.807) is 0 Å². The summed E-state index contributed by atoms with van der Waals surface area (Å²) in [6.45, 7) is 0. The minimum atomic E-state index is -0.211. The first-order valence-corrected chi connectivity index (χ1v) is 9.04. The van der Waals surface area contributed by atoms with E-state index in [1.165, 1.54) is 29.9 Å². The van der Waals surface area contributed by atoms with E-state index < -0.39 is 0 Å². The van der Waals surface area contributed by atoms with Crippen molar-refractivity contribution in [3.63, 3.8) is 0 Å². The Kier molecular flexibility index (Phi) is 4.16. The molecule has 0 saturated heterocycles. The van der Waals surface area contributed by atoms with Gasteiger partial charge in [0.2, 0.25) is 0 Å². The summed E-state index contributed by atoms with van der Waals surface area (Å²) in [5.41, 5.74) is -0.211. The molecule has 1 heterocycles. The van der Waals surface area contributed by atoms with E-state index >= 15 is 0 Å².